The van der Waals surface area contributed by atoms with Gasteiger partial charge < -0.3 is 0 Å². The molecule has 3 heteroatoms. The number of carbonyl (C=O) groups is 1. The first-order valence-corrected chi connectivity index (χ1v) is 6.62. The van der Waals surface area contributed by atoms with Crippen LogP contribution in [-0.2, 0) is 10.2 Å². The Balaban J connectivity index is 2.32. The van der Waals surface area contributed by atoms with Crippen LogP contribution >= 0.6 is 11.3 Å². The van der Waals surface area contributed by atoms with Crippen LogP contribution in [0.25, 0.3) is 0 Å². The molecule has 1 saturated carbocycles. The fourth-order valence-corrected chi connectivity index (χ4v) is 3.56. The van der Waals surface area contributed by atoms with Gasteiger partial charge in [0.25, 0.3) is 0 Å². The molecule has 0 N–H and O–H groups in total. The molecule has 0 amide bonds. The Hall–Kier alpha value is -1.14. The summed E-state index contributed by atoms with van der Waals surface area (Å²) in [5, 5.41) is 10.8. The van der Waals surface area contributed by atoms with Crippen LogP contribution in [-0.4, -0.2) is 5.78 Å². The van der Waals surface area contributed by atoms with Crippen molar-refractivity contribution in [2.45, 2.75) is 43.9 Å². The number of rotatable bonds is 3. The first-order valence-electron chi connectivity index (χ1n) is 5.74. The predicted molar refractivity (Wildman–Crippen MR) is 64.3 cm³/mol. The lowest BCUT2D eigenvalue weighted by atomic mass is 9.69. The molecule has 1 aliphatic carbocycles. The molecule has 84 valence electrons. The molecule has 16 heavy (non-hydrogen) atoms. The van der Waals surface area contributed by atoms with Crippen molar-refractivity contribution >= 4 is 17.1 Å². The summed E-state index contributed by atoms with van der Waals surface area (Å²) in [5.74, 6) is 0.344. The lowest BCUT2D eigenvalue weighted by molar-refractivity contribution is -0.126. The summed E-state index contributed by atoms with van der Waals surface area (Å²) in [6, 6.07) is 6.22. The van der Waals surface area contributed by atoms with Crippen molar-refractivity contribution < 1.29 is 4.79 Å². The Morgan fingerprint density at radius 2 is 2.38 bits per heavy atom. The average molecular weight is 233 g/mol. The van der Waals surface area contributed by atoms with Gasteiger partial charge in [0.1, 0.15) is 5.78 Å². The van der Waals surface area contributed by atoms with Crippen LogP contribution < -0.4 is 0 Å². The van der Waals surface area contributed by atoms with Crippen molar-refractivity contribution in [2.75, 3.05) is 0 Å². The third-order valence-electron chi connectivity index (χ3n) is 3.45. The molecule has 1 fully saturated rings. The van der Waals surface area contributed by atoms with Gasteiger partial charge in [0.05, 0.1) is 11.5 Å². The standard InChI is InChI=1S/C13H15NOS/c14-9-4-8-13(12-6-3-10-16-12)7-2-1-5-11(13)15/h3,6,10H,1-2,4-5,7-8H2. The zero-order valence-corrected chi connectivity index (χ0v) is 10.1. The number of carbonyl (C=O) groups excluding carboxylic acids is 1. The SMILES string of the molecule is N#CCCC1(c2cccs2)CCCCC1=O. The van der Waals surface area contributed by atoms with Gasteiger partial charge in [-0.2, -0.15) is 5.26 Å². The molecule has 0 aliphatic heterocycles. The zero-order chi connectivity index (χ0) is 11.4. The molecule has 0 radical (unpaired) electrons. The van der Waals surface area contributed by atoms with Crippen LogP contribution in [0.4, 0.5) is 0 Å². The van der Waals surface area contributed by atoms with E-state index < -0.39 is 0 Å². The highest BCUT2D eigenvalue weighted by molar-refractivity contribution is 7.10. The highest BCUT2D eigenvalue weighted by atomic mass is 32.1. The van der Waals surface area contributed by atoms with Crippen LogP contribution in [0.2, 0.25) is 0 Å². The van der Waals surface area contributed by atoms with E-state index >= 15 is 0 Å². The number of thiophene rings is 1. The molecule has 1 aromatic rings. The fourth-order valence-electron chi connectivity index (χ4n) is 2.56. The molecule has 1 heterocycles. The Morgan fingerprint density at radius 1 is 1.50 bits per heavy atom. The molecule has 1 atom stereocenters. The van der Waals surface area contributed by atoms with Gasteiger partial charge in [0.15, 0.2) is 0 Å². The molecule has 0 saturated heterocycles. The maximum atomic E-state index is 12.2. The van der Waals surface area contributed by atoms with Gasteiger partial charge >= 0.3 is 0 Å². The van der Waals surface area contributed by atoms with Crippen molar-refractivity contribution in [2.24, 2.45) is 0 Å². The quantitative estimate of drug-likeness (QED) is 0.802. The maximum Gasteiger partial charge on any atom is 0.144 e. The topological polar surface area (TPSA) is 40.9 Å². The minimum Gasteiger partial charge on any atom is -0.299 e. The monoisotopic (exact) mass is 233 g/mol. The number of Topliss-reactive ketones (excluding diaryl/α,β-unsaturated/α-hetero) is 1. The molecule has 0 aromatic carbocycles. The van der Waals surface area contributed by atoms with Gasteiger partial charge in [0, 0.05) is 17.7 Å². The minimum absolute atomic E-state index is 0.331. The summed E-state index contributed by atoms with van der Waals surface area (Å²) >= 11 is 1.65. The lowest BCUT2D eigenvalue weighted by Crippen LogP contribution is -2.37. The molecule has 1 unspecified atom stereocenters. The molecule has 1 aliphatic rings. The lowest BCUT2D eigenvalue weighted by Gasteiger charge is -2.34. The third kappa shape index (κ3) is 1.90. The highest BCUT2D eigenvalue weighted by Crippen LogP contribution is 2.42. The van der Waals surface area contributed by atoms with E-state index in [2.05, 4.69) is 6.07 Å². The van der Waals surface area contributed by atoms with E-state index in [1.165, 1.54) is 0 Å². The van der Waals surface area contributed by atoms with Crippen molar-refractivity contribution in [3.8, 4) is 6.07 Å². The first kappa shape index (κ1) is 11.3. The van der Waals surface area contributed by atoms with E-state index in [1.54, 1.807) is 11.3 Å². The van der Waals surface area contributed by atoms with Crippen molar-refractivity contribution in [1.29, 1.82) is 5.26 Å². The second-order valence-corrected chi connectivity index (χ2v) is 5.30. The second kappa shape index (κ2) is 4.80. The van der Waals surface area contributed by atoms with Gasteiger partial charge in [0.2, 0.25) is 0 Å². The number of nitrogens with zero attached hydrogens (tertiary/aromatic N) is 1. The van der Waals surface area contributed by atoms with E-state index in [1.807, 2.05) is 17.5 Å². The number of hydrogen-bond acceptors (Lipinski definition) is 3. The normalized spacial score (nSPS) is 25.3. The van der Waals surface area contributed by atoms with Crippen LogP contribution in [0.15, 0.2) is 17.5 Å². The molecular weight excluding hydrogens is 218 g/mol. The Kier molecular flexibility index (Phi) is 3.40. The number of ketones is 1. The summed E-state index contributed by atoms with van der Waals surface area (Å²) in [5.41, 5.74) is -0.331. The Labute approximate surface area is 99.9 Å². The van der Waals surface area contributed by atoms with Gasteiger partial charge in [-0.15, -0.1) is 11.3 Å². The second-order valence-electron chi connectivity index (χ2n) is 4.35. The van der Waals surface area contributed by atoms with E-state index in [9.17, 15) is 4.79 Å². The summed E-state index contributed by atoms with van der Waals surface area (Å²) in [7, 11) is 0. The summed E-state index contributed by atoms with van der Waals surface area (Å²) in [6.07, 6.45) is 4.90. The zero-order valence-electron chi connectivity index (χ0n) is 9.24. The Bertz CT molecular complexity index is 404. The smallest absolute Gasteiger partial charge is 0.144 e. The minimum atomic E-state index is -0.331. The summed E-state index contributed by atoms with van der Waals surface area (Å²) < 4.78 is 0. The van der Waals surface area contributed by atoms with E-state index in [4.69, 9.17) is 5.26 Å². The van der Waals surface area contributed by atoms with Crippen molar-refractivity contribution in [1.82, 2.24) is 0 Å². The summed E-state index contributed by atoms with van der Waals surface area (Å²) in [4.78, 5) is 13.4. The van der Waals surface area contributed by atoms with E-state index in [0.29, 0.717) is 25.0 Å². The first-order chi connectivity index (χ1) is 7.79. The highest BCUT2D eigenvalue weighted by Gasteiger charge is 2.41. The molecule has 1 aromatic heterocycles. The van der Waals surface area contributed by atoms with Crippen molar-refractivity contribution in [3.63, 3.8) is 0 Å². The van der Waals surface area contributed by atoms with Gasteiger partial charge in [-0.3, -0.25) is 4.79 Å². The maximum absolute atomic E-state index is 12.2. The number of hydrogen-bond donors (Lipinski definition) is 0. The molecule has 2 rings (SSSR count). The largest absolute Gasteiger partial charge is 0.299 e. The van der Waals surface area contributed by atoms with E-state index in [0.717, 1.165) is 24.1 Å². The molecule has 0 spiro atoms. The third-order valence-corrected chi connectivity index (χ3v) is 4.52. The molecule has 0 bridgehead atoms. The van der Waals surface area contributed by atoms with E-state index in [-0.39, 0.29) is 5.41 Å². The van der Waals surface area contributed by atoms with Crippen molar-refractivity contribution in [3.05, 3.63) is 22.4 Å². The molecular formula is C13H15NOS. The van der Waals surface area contributed by atoms with Crippen LogP contribution in [0.3, 0.4) is 0 Å². The number of nitriles is 1. The van der Waals surface area contributed by atoms with Crippen LogP contribution in [0, 0.1) is 11.3 Å². The fraction of sp³-hybridized carbons (Fsp3) is 0.538. The van der Waals surface area contributed by atoms with Crippen LogP contribution in [0.5, 0.6) is 0 Å². The van der Waals surface area contributed by atoms with Gasteiger partial charge in [-0.1, -0.05) is 12.5 Å². The van der Waals surface area contributed by atoms with Gasteiger partial charge in [-0.25, -0.2) is 0 Å². The summed E-state index contributed by atoms with van der Waals surface area (Å²) in [6.45, 7) is 0. The predicted octanol–water partition coefficient (Wildman–Crippen LogP) is 3.43. The van der Waals surface area contributed by atoms with Gasteiger partial charge in [-0.05, 0) is 30.7 Å². The average Bonchev–Trinajstić information content (AvgIpc) is 2.82. The van der Waals surface area contributed by atoms with Crippen LogP contribution in [0.1, 0.15) is 43.4 Å². The Morgan fingerprint density at radius 3 is 3.00 bits per heavy atom. The molecule has 2 nitrogen and oxygen atoms in total.